The third kappa shape index (κ3) is 2.68. The second-order valence-corrected chi connectivity index (χ2v) is 6.68. The summed E-state index contributed by atoms with van der Waals surface area (Å²) in [5.74, 6) is 1.10. The highest BCUT2D eigenvalue weighted by Crippen LogP contribution is 2.21. The summed E-state index contributed by atoms with van der Waals surface area (Å²) in [7, 11) is 2.08. The zero-order valence-corrected chi connectivity index (χ0v) is 13.0. The van der Waals surface area contributed by atoms with Crippen molar-refractivity contribution in [1.82, 2.24) is 19.8 Å². The van der Waals surface area contributed by atoms with Crippen molar-refractivity contribution >= 4 is 22.6 Å². The molecule has 1 aromatic heterocycles. The van der Waals surface area contributed by atoms with Crippen LogP contribution in [0.2, 0.25) is 5.02 Å². The van der Waals surface area contributed by atoms with Crippen LogP contribution in [0.1, 0.15) is 19.7 Å². The topological polar surface area (TPSA) is 33.1 Å². The van der Waals surface area contributed by atoms with E-state index in [9.17, 15) is 0 Å². The molecule has 1 aromatic carbocycles. The van der Waals surface area contributed by atoms with E-state index >= 15 is 0 Å². The molecule has 0 unspecified atom stereocenters. The molecular formula is C15H21ClN4. The van der Waals surface area contributed by atoms with E-state index in [0.29, 0.717) is 0 Å². The van der Waals surface area contributed by atoms with Gasteiger partial charge in [-0.2, -0.15) is 0 Å². The summed E-state index contributed by atoms with van der Waals surface area (Å²) in [5, 5.41) is 4.28. The van der Waals surface area contributed by atoms with Crippen LogP contribution >= 0.6 is 11.6 Å². The average Bonchev–Trinajstić information content (AvgIpc) is 2.64. The molecule has 1 saturated heterocycles. The van der Waals surface area contributed by atoms with Gasteiger partial charge in [-0.25, -0.2) is 4.98 Å². The highest BCUT2D eigenvalue weighted by molar-refractivity contribution is 6.31. The zero-order chi connectivity index (χ0) is 14.3. The summed E-state index contributed by atoms with van der Waals surface area (Å²) in [5.41, 5.74) is 2.29. The minimum Gasteiger partial charge on any atom is -0.330 e. The Balaban J connectivity index is 1.85. The number of fused-ring (bicyclic) bond motifs is 1. The van der Waals surface area contributed by atoms with Gasteiger partial charge in [0.25, 0.3) is 0 Å². The van der Waals surface area contributed by atoms with E-state index in [2.05, 4.69) is 35.7 Å². The van der Waals surface area contributed by atoms with Crippen molar-refractivity contribution in [2.45, 2.75) is 25.9 Å². The van der Waals surface area contributed by atoms with Crippen molar-refractivity contribution in [3.63, 3.8) is 0 Å². The van der Waals surface area contributed by atoms with Crippen LogP contribution in [-0.2, 0) is 13.6 Å². The lowest BCUT2D eigenvalue weighted by atomic mass is 10.0. The van der Waals surface area contributed by atoms with Gasteiger partial charge < -0.3 is 9.88 Å². The van der Waals surface area contributed by atoms with E-state index in [1.54, 1.807) is 0 Å². The first kappa shape index (κ1) is 13.9. The normalized spacial score (nSPS) is 19.6. The van der Waals surface area contributed by atoms with Gasteiger partial charge in [-0.05, 0) is 32.0 Å². The molecule has 0 bridgehead atoms. The Morgan fingerprint density at radius 2 is 2.20 bits per heavy atom. The van der Waals surface area contributed by atoms with E-state index in [1.807, 2.05) is 18.2 Å². The second kappa shape index (κ2) is 5.02. The van der Waals surface area contributed by atoms with Gasteiger partial charge in [0, 0.05) is 37.2 Å². The first-order valence-electron chi connectivity index (χ1n) is 7.03. The summed E-state index contributed by atoms with van der Waals surface area (Å²) >= 11 is 6.04. The van der Waals surface area contributed by atoms with Crippen molar-refractivity contribution in [3.8, 4) is 0 Å². The van der Waals surface area contributed by atoms with E-state index in [1.165, 1.54) is 0 Å². The number of rotatable bonds is 2. The van der Waals surface area contributed by atoms with Gasteiger partial charge >= 0.3 is 0 Å². The first-order chi connectivity index (χ1) is 9.44. The Morgan fingerprint density at radius 3 is 2.95 bits per heavy atom. The molecule has 1 fully saturated rings. The Kier molecular flexibility index (Phi) is 3.48. The minimum absolute atomic E-state index is 0.173. The van der Waals surface area contributed by atoms with Crippen LogP contribution in [0.4, 0.5) is 0 Å². The summed E-state index contributed by atoms with van der Waals surface area (Å²) in [6.07, 6.45) is 0. The smallest absolute Gasteiger partial charge is 0.123 e. The van der Waals surface area contributed by atoms with Gasteiger partial charge in [-0.15, -0.1) is 0 Å². The maximum atomic E-state index is 6.04. The van der Waals surface area contributed by atoms with E-state index in [4.69, 9.17) is 16.6 Å². The molecule has 1 aliphatic rings. The van der Waals surface area contributed by atoms with Gasteiger partial charge in [-0.1, -0.05) is 11.6 Å². The number of hydrogen-bond donors (Lipinski definition) is 1. The van der Waals surface area contributed by atoms with Crippen molar-refractivity contribution < 1.29 is 0 Å². The Morgan fingerprint density at radius 1 is 1.40 bits per heavy atom. The number of aromatic nitrogens is 2. The molecule has 0 saturated carbocycles. The standard InChI is InChI=1S/C15H21ClN4/c1-15(2)10-20(7-6-17-15)9-14-18-12-8-11(16)4-5-13(12)19(14)3/h4-5,8,17H,6-7,9-10H2,1-3H3. The van der Waals surface area contributed by atoms with Crippen molar-refractivity contribution in [1.29, 1.82) is 0 Å². The van der Waals surface area contributed by atoms with Gasteiger partial charge in [0.2, 0.25) is 0 Å². The minimum atomic E-state index is 0.173. The van der Waals surface area contributed by atoms with E-state index in [0.717, 1.165) is 48.1 Å². The van der Waals surface area contributed by atoms with Crippen LogP contribution in [-0.4, -0.2) is 39.6 Å². The molecule has 3 rings (SSSR count). The Labute approximate surface area is 124 Å². The summed E-state index contributed by atoms with van der Waals surface area (Å²) < 4.78 is 2.17. The van der Waals surface area contributed by atoms with E-state index < -0.39 is 0 Å². The third-order valence-corrected chi connectivity index (χ3v) is 4.19. The SMILES string of the molecule is Cn1c(CN2CCNC(C)(C)C2)nc2cc(Cl)ccc21. The summed E-state index contributed by atoms with van der Waals surface area (Å²) in [4.78, 5) is 7.19. The first-order valence-corrected chi connectivity index (χ1v) is 7.41. The van der Waals surface area contributed by atoms with Crippen LogP contribution in [0.5, 0.6) is 0 Å². The molecule has 0 amide bonds. The number of nitrogens with zero attached hydrogens (tertiary/aromatic N) is 3. The van der Waals surface area contributed by atoms with Crippen molar-refractivity contribution in [2.24, 2.45) is 7.05 Å². The van der Waals surface area contributed by atoms with Gasteiger partial charge in [0.05, 0.1) is 17.6 Å². The molecule has 2 aromatic rings. The molecule has 0 radical (unpaired) electrons. The lowest BCUT2D eigenvalue weighted by molar-refractivity contribution is 0.144. The average molecular weight is 293 g/mol. The van der Waals surface area contributed by atoms with Crippen LogP contribution < -0.4 is 5.32 Å². The Hall–Kier alpha value is -1.10. The quantitative estimate of drug-likeness (QED) is 0.923. The lowest BCUT2D eigenvalue weighted by Gasteiger charge is -2.38. The lowest BCUT2D eigenvalue weighted by Crippen LogP contribution is -2.56. The van der Waals surface area contributed by atoms with Crippen LogP contribution in [0, 0.1) is 0 Å². The number of aryl methyl sites for hydroxylation is 1. The van der Waals surface area contributed by atoms with Crippen LogP contribution in [0.3, 0.4) is 0 Å². The number of benzene rings is 1. The highest BCUT2D eigenvalue weighted by atomic mass is 35.5. The molecule has 108 valence electrons. The monoisotopic (exact) mass is 292 g/mol. The summed E-state index contributed by atoms with van der Waals surface area (Å²) in [6, 6.07) is 5.89. The van der Waals surface area contributed by atoms with Crippen LogP contribution in [0.25, 0.3) is 11.0 Å². The largest absolute Gasteiger partial charge is 0.330 e. The third-order valence-electron chi connectivity index (χ3n) is 3.95. The van der Waals surface area contributed by atoms with Crippen molar-refractivity contribution in [3.05, 3.63) is 29.0 Å². The second-order valence-electron chi connectivity index (χ2n) is 6.24. The molecule has 0 spiro atoms. The van der Waals surface area contributed by atoms with Gasteiger partial charge in [-0.3, -0.25) is 4.90 Å². The molecule has 1 N–H and O–H groups in total. The molecule has 0 atom stereocenters. The summed E-state index contributed by atoms with van der Waals surface area (Å²) in [6.45, 7) is 8.50. The Bertz CT molecular complexity index is 632. The van der Waals surface area contributed by atoms with Crippen molar-refractivity contribution in [2.75, 3.05) is 19.6 Å². The fourth-order valence-corrected chi connectivity index (χ4v) is 3.11. The number of piperazine rings is 1. The number of halogens is 1. The predicted molar refractivity (Wildman–Crippen MR) is 83.1 cm³/mol. The fourth-order valence-electron chi connectivity index (χ4n) is 2.95. The highest BCUT2D eigenvalue weighted by Gasteiger charge is 2.26. The molecule has 1 aliphatic heterocycles. The number of nitrogens with one attached hydrogen (secondary N) is 1. The molecule has 5 heteroatoms. The van der Waals surface area contributed by atoms with Crippen LogP contribution in [0.15, 0.2) is 18.2 Å². The fraction of sp³-hybridized carbons (Fsp3) is 0.533. The predicted octanol–water partition coefficient (Wildman–Crippen LogP) is 2.41. The molecule has 2 heterocycles. The van der Waals surface area contributed by atoms with Gasteiger partial charge in [0.15, 0.2) is 0 Å². The molecule has 20 heavy (non-hydrogen) atoms. The molecule has 4 nitrogen and oxygen atoms in total. The molecular weight excluding hydrogens is 272 g/mol. The maximum Gasteiger partial charge on any atom is 0.123 e. The zero-order valence-electron chi connectivity index (χ0n) is 12.3. The van der Waals surface area contributed by atoms with E-state index in [-0.39, 0.29) is 5.54 Å². The molecule has 0 aliphatic carbocycles. The number of imidazole rings is 1. The number of hydrogen-bond acceptors (Lipinski definition) is 3. The maximum absolute atomic E-state index is 6.04. The van der Waals surface area contributed by atoms with Gasteiger partial charge in [0.1, 0.15) is 5.82 Å².